The van der Waals surface area contributed by atoms with Crippen LogP contribution in [-0.2, 0) is 15.7 Å². The highest BCUT2D eigenvalue weighted by atomic mass is 79.9. The highest BCUT2D eigenvalue weighted by molar-refractivity contribution is 9.11. The summed E-state index contributed by atoms with van der Waals surface area (Å²) in [6.45, 7) is 10.6. The van der Waals surface area contributed by atoms with Crippen LogP contribution in [0.4, 0.5) is 0 Å². The van der Waals surface area contributed by atoms with Crippen LogP contribution in [0, 0.1) is 0 Å². The molecule has 1 aromatic rings. The largest absolute Gasteiger partial charge is 0.495 e. The van der Waals surface area contributed by atoms with Crippen LogP contribution in [0.1, 0.15) is 53.0 Å². The van der Waals surface area contributed by atoms with Crippen LogP contribution in [0.25, 0.3) is 0 Å². The number of unbranched alkanes of at least 4 members (excludes halogenated alkanes) is 1. The molecular weight excluding hydrogens is 395 g/mol. The summed E-state index contributed by atoms with van der Waals surface area (Å²) in [7, 11) is -0.310. The summed E-state index contributed by atoms with van der Waals surface area (Å²) in [5, 5.41) is 0. The van der Waals surface area contributed by atoms with Crippen molar-refractivity contribution >= 4 is 44.4 Å². The molecule has 0 N–H and O–H groups in total. The molecule has 1 aliphatic rings. The van der Waals surface area contributed by atoms with Crippen LogP contribution < -0.4 is 5.46 Å². The third-order valence-corrected chi connectivity index (χ3v) is 5.65. The Labute approximate surface area is 145 Å². The summed E-state index contributed by atoms with van der Waals surface area (Å²) in [6, 6.07) is 4.22. The Morgan fingerprint density at radius 3 is 2.14 bits per heavy atom. The number of hydrogen-bond acceptors (Lipinski definition) is 2. The van der Waals surface area contributed by atoms with E-state index in [1.54, 1.807) is 0 Å². The minimum Gasteiger partial charge on any atom is -0.399 e. The van der Waals surface area contributed by atoms with Crippen molar-refractivity contribution in [3.63, 3.8) is 0 Å². The second-order valence-electron chi connectivity index (χ2n) is 6.65. The smallest absolute Gasteiger partial charge is 0.399 e. The van der Waals surface area contributed by atoms with Gasteiger partial charge in [-0.3, -0.25) is 0 Å². The van der Waals surface area contributed by atoms with E-state index < -0.39 is 0 Å². The zero-order valence-electron chi connectivity index (χ0n) is 13.4. The topological polar surface area (TPSA) is 18.5 Å². The third-order valence-electron chi connectivity index (χ3n) is 4.48. The number of hydrogen-bond donors (Lipinski definition) is 0. The van der Waals surface area contributed by atoms with E-state index in [1.807, 2.05) is 0 Å². The molecule has 0 spiro atoms. The van der Waals surface area contributed by atoms with Gasteiger partial charge in [0.1, 0.15) is 0 Å². The van der Waals surface area contributed by atoms with Crippen LogP contribution >= 0.6 is 31.9 Å². The molecule has 1 heterocycles. The molecule has 0 aliphatic carbocycles. The van der Waals surface area contributed by atoms with E-state index in [1.165, 1.54) is 12.0 Å². The minimum atomic E-state index is -0.311. The minimum absolute atomic E-state index is 0.310. The fourth-order valence-corrected chi connectivity index (χ4v) is 3.88. The first-order valence-electron chi connectivity index (χ1n) is 7.51. The molecule has 1 fully saturated rings. The van der Waals surface area contributed by atoms with E-state index in [2.05, 4.69) is 78.6 Å². The Kier molecular flexibility index (Phi) is 5.29. The number of rotatable bonds is 4. The van der Waals surface area contributed by atoms with Crippen molar-refractivity contribution in [1.29, 1.82) is 0 Å². The molecule has 21 heavy (non-hydrogen) atoms. The molecule has 0 bridgehead atoms. The Morgan fingerprint density at radius 2 is 1.62 bits per heavy atom. The van der Waals surface area contributed by atoms with Gasteiger partial charge in [-0.05, 0) is 63.7 Å². The summed E-state index contributed by atoms with van der Waals surface area (Å²) in [6.07, 6.45) is 3.36. The first-order valence-corrected chi connectivity index (χ1v) is 9.10. The normalized spacial score (nSPS) is 20.0. The third kappa shape index (κ3) is 3.57. The van der Waals surface area contributed by atoms with Gasteiger partial charge in [-0.15, -0.1) is 0 Å². The molecule has 0 atom stereocenters. The second-order valence-corrected chi connectivity index (χ2v) is 8.42. The lowest BCUT2D eigenvalue weighted by atomic mass is 9.75. The zero-order chi connectivity index (χ0) is 15.8. The summed E-state index contributed by atoms with van der Waals surface area (Å²) in [4.78, 5) is 0. The Bertz CT molecular complexity index is 513. The van der Waals surface area contributed by atoms with E-state index in [0.29, 0.717) is 0 Å². The predicted molar refractivity (Wildman–Crippen MR) is 96.2 cm³/mol. The summed E-state index contributed by atoms with van der Waals surface area (Å²) < 4.78 is 14.6. The van der Waals surface area contributed by atoms with Crippen molar-refractivity contribution in [3.8, 4) is 0 Å². The Morgan fingerprint density at radius 1 is 1.05 bits per heavy atom. The van der Waals surface area contributed by atoms with Gasteiger partial charge in [0.25, 0.3) is 0 Å². The van der Waals surface area contributed by atoms with Gasteiger partial charge in [-0.2, -0.15) is 0 Å². The van der Waals surface area contributed by atoms with E-state index in [-0.39, 0.29) is 18.3 Å². The summed E-state index contributed by atoms with van der Waals surface area (Å²) >= 11 is 7.27. The van der Waals surface area contributed by atoms with Crippen LogP contribution in [-0.4, -0.2) is 18.3 Å². The van der Waals surface area contributed by atoms with Gasteiger partial charge in [-0.1, -0.05) is 45.2 Å². The van der Waals surface area contributed by atoms with Crippen molar-refractivity contribution in [1.82, 2.24) is 0 Å². The average Bonchev–Trinajstić information content (AvgIpc) is 2.56. The summed E-state index contributed by atoms with van der Waals surface area (Å²) in [5.74, 6) is 0. The first kappa shape index (κ1) is 17.5. The van der Waals surface area contributed by atoms with Crippen LogP contribution in [0.5, 0.6) is 0 Å². The lowest BCUT2D eigenvalue weighted by molar-refractivity contribution is 0.00578. The van der Waals surface area contributed by atoms with Gasteiger partial charge in [0.2, 0.25) is 0 Å². The van der Waals surface area contributed by atoms with Gasteiger partial charge in [0.15, 0.2) is 0 Å². The van der Waals surface area contributed by atoms with E-state index in [0.717, 1.165) is 27.2 Å². The lowest BCUT2D eigenvalue weighted by Crippen LogP contribution is -2.41. The second kappa shape index (κ2) is 6.35. The van der Waals surface area contributed by atoms with Crippen molar-refractivity contribution in [3.05, 3.63) is 26.6 Å². The maximum atomic E-state index is 6.22. The zero-order valence-corrected chi connectivity index (χ0v) is 16.6. The Balaban J connectivity index is 2.40. The molecular formula is C16H23BBr2O2. The van der Waals surface area contributed by atoms with E-state index >= 15 is 0 Å². The summed E-state index contributed by atoms with van der Waals surface area (Å²) in [5.41, 5.74) is 1.80. The molecule has 2 rings (SSSR count). The van der Waals surface area contributed by atoms with Crippen molar-refractivity contribution in [2.75, 3.05) is 0 Å². The van der Waals surface area contributed by atoms with Crippen LogP contribution in [0.3, 0.4) is 0 Å². The van der Waals surface area contributed by atoms with E-state index in [4.69, 9.17) is 9.31 Å². The van der Waals surface area contributed by atoms with Crippen molar-refractivity contribution in [2.24, 2.45) is 0 Å². The fourth-order valence-electron chi connectivity index (χ4n) is 2.42. The Hall–Kier alpha value is 0.165. The molecule has 1 aliphatic heterocycles. The van der Waals surface area contributed by atoms with Crippen LogP contribution in [0.15, 0.2) is 21.1 Å². The van der Waals surface area contributed by atoms with Gasteiger partial charge in [0, 0.05) is 8.95 Å². The first-order chi connectivity index (χ1) is 9.68. The van der Waals surface area contributed by atoms with Gasteiger partial charge in [-0.25, -0.2) is 0 Å². The molecule has 0 radical (unpaired) electrons. The molecule has 116 valence electrons. The van der Waals surface area contributed by atoms with Gasteiger partial charge in [0.05, 0.1) is 11.2 Å². The van der Waals surface area contributed by atoms with E-state index in [9.17, 15) is 0 Å². The van der Waals surface area contributed by atoms with Crippen molar-refractivity contribution < 1.29 is 9.31 Å². The molecule has 0 unspecified atom stereocenters. The van der Waals surface area contributed by atoms with Gasteiger partial charge >= 0.3 is 7.12 Å². The predicted octanol–water partition coefficient (Wildman–Crippen LogP) is 4.85. The number of benzene rings is 1. The lowest BCUT2D eigenvalue weighted by Gasteiger charge is -2.32. The molecule has 0 amide bonds. The molecule has 1 saturated heterocycles. The molecule has 2 nitrogen and oxygen atoms in total. The molecule has 1 aromatic carbocycles. The molecule has 0 saturated carbocycles. The average molecular weight is 418 g/mol. The standard InChI is InChI=1S/C16H23BBr2O2/c1-6-7-8-12-13(9-11(18)10-14(12)19)17-20-15(2,3)16(4,5)21-17/h9-10H,6-8H2,1-5H3. The van der Waals surface area contributed by atoms with Gasteiger partial charge < -0.3 is 9.31 Å². The number of halogens is 2. The molecule has 5 heteroatoms. The van der Waals surface area contributed by atoms with Crippen LogP contribution in [0.2, 0.25) is 0 Å². The fraction of sp³-hybridized carbons (Fsp3) is 0.625. The maximum Gasteiger partial charge on any atom is 0.495 e. The monoisotopic (exact) mass is 416 g/mol. The SMILES string of the molecule is CCCCc1c(Br)cc(Br)cc1B1OC(C)(C)C(C)(C)O1. The highest BCUT2D eigenvalue weighted by Gasteiger charge is 2.52. The quantitative estimate of drug-likeness (QED) is 0.652. The van der Waals surface area contributed by atoms with Crippen molar-refractivity contribution in [2.45, 2.75) is 65.1 Å². The molecule has 0 aromatic heterocycles. The highest BCUT2D eigenvalue weighted by Crippen LogP contribution is 2.37. The maximum absolute atomic E-state index is 6.22.